The molecule has 116 valence electrons. The molecule has 0 aliphatic heterocycles. The van der Waals surface area contributed by atoms with Crippen LogP contribution in [0.25, 0.3) is 10.1 Å². The molecule has 2 aromatic rings. The minimum absolute atomic E-state index is 0.186. The quantitative estimate of drug-likeness (QED) is 0.843. The molecule has 0 spiro atoms. The van der Waals surface area contributed by atoms with Gasteiger partial charge in [0.2, 0.25) is 0 Å². The standard InChI is InChI=1S/C14H13FN2O4S/c1-2-16-14(20)17-12(18)7-21-13(19)11-6-8-9(15)4-3-5-10(8)22-11/h3-6H,2,7H2,1H3,(H2,16,17,18,20). The Bertz CT molecular complexity index is 729. The van der Waals surface area contributed by atoms with Gasteiger partial charge in [-0.25, -0.2) is 14.0 Å². The van der Waals surface area contributed by atoms with E-state index in [1.165, 1.54) is 12.1 Å². The van der Waals surface area contributed by atoms with Crippen LogP contribution in [0.3, 0.4) is 0 Å². The molecule has 0 fully saturated rings. The smallest absolute Gasteiger partial charge is 0.348 e. The fourth-order valence-corrected chi connectivity index (χ4v) is 2.66. The van der Waals surface area contributed by atoms with Crippen LogP contribution in [0.15, 0.2) is 24.3 Å². The van der Waals surface area contributed by atoms with Gasteiger partial charge < -0.3 is 10.1 Å². The predicted octanol–water partition coefficient (Wildman–Crippen LogP) is 2.04. The molecule has 0 saturated heterocycles. The number of amides is 3. The number of urea groups is 1. The molecule has 0 unspecified atom stereocenters. The highest BCUT2D eigenvalue weighted by molar-refractivity contribution is 7.20. The monoisotopic (exact) mass is 324 g/mol. The minimum Gasteiger partial charge on any atom is -0.451 e. The van der Waals surface area contributed by atoms with Crippen LogP contribution in [0, 0.1) is 5.82 Å². The average Bonchev–Trinajstić information content (AvgIpc) is 2.90. The number of rotatable bonds is 4. The molecule has 2 N–H and O–H groups in total. The van der Waals surface area contributed by atoms with E-state index in [1.54, 1.807) is 19.1 Å². The number of nitrogens with one attached hydrogen (secondary N) is 2. The van der Waals surface area contributed by atoms with Gasteiger partial charge in [0.1, 0.15) is 10.7 Å². The molecule has 8 heteroatoms. The van der Waals surface area contributed by atoms with Gasteiger partial charge in [0.25, 0.3) is 5.91 Å². The summed E-state index contributed by atoms with van der Waals surface area (Å²) < 4.78 is 18.9. The number of benzene rings is 1. The maximum absolute atomic E-state index is 13.5. The van der Waals surface area contributed by atoms with E-state index in [-0.39, 0.29) is 4.88 Å². The summed E-state index contributed by atoms with van der Waals surface area (Å²) in [5.41, 5.74) is 0. The topological polar surface area (TPSA) is 84.5 Å². The van der Waals surface area contributed by atoms with Crippen LogP contribution in [0.4, 0.5) is 9.18 Å². The third-order valence-corrected chi connectivity index (χ3v) is 3.71. The number of hydrogen-bond donors (Lipinski definition) is 2. The van der Waals surface area contributed by atoms with Crippen LogP contribution in [0.1, 0.15) is 16.6 Å². The fraction of sp³-hybridized carbons (Fsp3) is 0.214. The second-order valence-corrected chi connectivity index (χ2v) is 5.33. The number of thiophene rings is 1. The number of imide groups is 1. The van der Waals surface area contributed by atoms with Crippen molar-refractivity contribution in [3.63, 3.8) is 0 Å². The number of fused-ring (bicyclic) bond motifs is 1. The first-order valence-electron chi connectivity index (χ1n) is 6.44. The van der Waals surface area contributed by atoms with E-state index in [0.29, 0.717) is 16.6 Å². The van der Waals surface area contributed by atoms with Crippen molar-refractivity contribution in [2.45, 2.75) is 6.92 Å². The van der Waals surface area contributed by atoms with Crippen LogP contribution in [-0.4, -0.2) is 31.1 Å². The molecule has 0 atom stereocenters. The Morgan fingerprint density at radius 2 is 2.09 bits per heavy atom. The van der Waals surface area contributed by atoms with E-state index in [9.17, 15) is 18.8 Å². The second-order valence-electron chi connectivity index (χ2n) is 4.25. The molecule has 1 heterocycles. The van der Waals surface area contributed by atoms with Crippen molar-refractivity contribution in [1.82, 2.24) is 10.6 Å². The molecule has 3 amide bonds. The van der Waals surface area contributed by atoms with Gasteiger partial charge in [-0.15, -0.1) is 11.3 Å². The first-order chi connectivity index (χ1) is 10.5. The van der Waals surface area contributed by atoms with E-state index >= 15 is 0 Å². The number of halogens is 1. The number of carbonyl (C=O) groups is 3. The first kappa shape index (κ1) is 15.9. The van der Waals surface area contributed by atoms with Gasteiger partial charge in [-0.1, -0.05) is 6.07 Å². The highest BCUT2D eigenvalue weighted by Crippen LogP contribution is 2.27. The van der Waals surface area contributed by atoms with Crippen molar-refractivity contribution < 1.29 is 23.5 Å². The van der Waals surface area contributed by atoms with Gasteiger partial charge in [-0.05, 0) is 25.1 Å². The van der Waals surface area contributed by atoms with E-state index < -0.39 is 30.3 Å². The summed E-state index contributed by atoms with van der Waals surface area (Å²) in [5.74, 6) is -1.92. The third-order valence-electron chi connectivity index (χ3n) is 2.63. The van der Waals surface area contributed by atoms with Crippen molar-refractivity contribution in [1.29, 1.82) is 0 Å². The lowest BCUT2D eigenvalue weighted by atomic mass is 10.2. The van der Waals surface area contributed by atoms with Crippen molar-refractivity contribution >= 4 is 39.3 Å². The molecule has 22 heavy (non-hydrogen) atoms. The molecular weight excluding hydrogens is 311 g/mol. The van der Waals surface area contributed by atoms with Gasteiger partial charge in [0.15, 0.2) is 6.61 Å². The highest BCUT2D eigenvalue weighted by atomic mass is 32.1. The maximum atomic E-state index is 13.5. The first-order valence-corrected chi connectivity index (χ1v) is 7.25. The summed E-state index contributed by atoms with van der Waals surface area (Å²) in [4.78, 5) is 34.5. The minimum atomic E-state index is -0.744. The zero-order valence-electron chi connectivity index (χ0n) is 11.6. The Morgan fingerprint density at radius 1 is 1.32 bits per heavy atom. The summed E-state index contributed by atoms with van der Waals surface area (Å²) >= 11 is 1.07. The Labute approximate surface area is 129 Å². The van der Waals surface area contributed by atoms with Gasteiger partial charge in [-0.3, -0.25) is 10.1 Å². The molecule has 0 radical (unpaired) electrons. The van der Waals surface area contributed by atoms with Gasteiger partial charge in [0.05, 0.1) is 0 Å². The van der Waals surface area contributed by atoms with Crippen molar-refractivity contribution in [3.8, 4) is 0 Å². The van der Waals surface area contributed by atoms with Gasteiger partial charge >= 0.3 is 12.0 Å². The maximum Gasteiger partial charge on any atom is 0.348 e. The SMILES string of the molecule is CCNC(=O)NC(=O)COC(=O)c1cc2c(F)cccc2s1. The summed E-state index contributed by atoms with van der Waals surface area (Å²) in [5, 5.41) is 4.69. The van der Waals surface area contributed by atoms with E-state index in [1.807, 2.05) is 5.32 Å². The predicted molar refractivity (Wildman–Crippen MR) is 79.3 cm³/mol. The van der Waals surface area contributed by atoms with Crippen molar-refractivity contribution in [3.05, 3.63) is 35.0 Å². The molecule has 0 aliphatic carbocycles. The highest BCUT2D eigenvalue weighted by Gasteiger charge is 2.16. The Hall–Kier alpha value is -2.48. The number of hydrogen-bond acceptors (Lipinski definition) is 5. The van der Waals surface area contributed by atoms with Gasteiger partial charge in [-0.2, -0.15) is 0 Å². The van der Waals surface area contributed by atoms with Crippen LogP contribution in [0.5, 0.6) is 0 Å². The zero-order valence-corrected chi connectivity index (χ0v) is 12.5. The lowest BCUT2D eigenvalue weighted by Crippen LogP contribution is -2.41. The summed E-state index contributed by atoms with van der Waals surface area (Å²) in [7, 11) is 0. The molecule has 0 aliphatic rings. The average molecular weight is 324 g/mol. The zero-order chi connectivity index (χ0) is 16.1. The van der Waals surface area contributed by atoms with Crippen LogP contribution in [-0.2, 0) is 9.53 Å². The van der Waals surface area contributed by atoms with E-state index in [0.717, 1.165) is 11.3 Å². The molecule has 6 nitrogen and oxygen atoms in total. The Morgan fingerprint density at radius 3 is 2.77 bits per heavy atom. The summed E-state index contributed by atoms with van der Waals surface area (Å²) in [6, 6.07) is 5.24. The van der Waals surface area contributed by atoms with Crippen LogP contribution < -0.4 is 10.6 Å². The summed E-state index contributed by atoms with van der Waals surface area (Å²) in [6.07, 6.45) is 0. The van der Waals surface area contributed by atoms with E-state index in [4.69, 9.17) is 4.74 Å². The van der Waals surface area contributed by atoms with Crippen molar-refractivity contribution in [2.24, 2.45) is 0 Å². The van der Waals surface area contributed by atoms with Crippen LogP contribution >= 0.6 is 11.3 Å². The van der Waals surface area contributed by atoms with Crippen molar-refractivity contribution in [2.75, 3.05) is 13.2 Å². The molecule has 2 rings (SSSR count). The second kappa shape index (κ2) is 6.99. The Kier molecular flexibility index (Phi) is 5.05. The van der Waals surface area contributed by atoms with Gasteiger partial charge in [0, 0.05) is 16.6 Å². The largest absolute Gasteiger partial charge is 0.451 e. The lowest BCUT2D eigenvalue weighted by Gasteiger charge is -2.05. The summed E-state index contributed by atoms with van der Waals surface area (Å²) in [6.45, 7) is 1.48. The normalized spacial score (nSPS) is 10.3. The van der Waals surface area contributed by atoms with Crippen LogP contribution in [0.2, 0.25) is 0 Å². The molecular formula is C14H13FN2O4S. The number of ether oxygens (including phenoxy) is 1. The molecule has 1 aromatic carbocycles. The Balaban J connectivity index is 1.95. The molecule has 0 bridgehead atoms. The third kappa shape index (κ3) is 3.79. The van der Waals surface area contributed by atoms with E-state index in [2.05, 4.69) is 5.32 Å². The molecule has 1 aromatic heterocycles. The number of esters is 1. The fourth-order valence-electron chi connectivity index (χ4n) is 1.70. The molecule has 0 saturated carbocycles. The lowest BCUT2D eigenvalue weighted by molar-refractivity contribution is -0.123. The number of carbonyl (C=O) groups excluding carboxylic acids is 3.